The third-order valence-electron chi connectivity index (χ3n) is 7.92. The molecule has 4 bridgehead atoms. The molecule has 0 aliphatic heterocycles. The number of carbonyl (C=O) groups excluding carboxylic acids is 1. The van der Waals surface area contributed by atoms with E-state index in [1.54, 1.807) is 12.1 Å². The number of non-ortho nitro benzene ring substituents is 1. The van der Waals surface area contributed by atoms with Crippen molar-refractivity contribution in [1.82, 2.24) is 5.32 Å². The summed E-state index contributed by atoms with van der Waals surface area (Å²) in [5.74, 6) is 3.19. The summed E-state index contributed by atoms with van der Waals surface area (Å²) in [4.78, 5) is 23.5. The first-order chi connectivity index (χ1) is 15.8. The van der Waals surface area contributed by atoms with Crippen molar-refractivity contribution in [1.29, 1.82) is 0 Å². The molecule has 7 nitrogen and oxygen atoms in total. The Hall–Kier alpha value is -2.54. The van der Waals surface area contributed by atoms with Crippen LogP contribution in [0.25, 0.3) is 0 Å². The molecule has 2 aromatic rings. The van der Waals surface area contributed by atoms with Gasteiger partial charge in [-0.25, -0.2) is 0 Å². The molecule has 1 N–H and O–H groups in total. The zero-order valence-electron chi connectivity index (χ0n) is 18.7. The van der Waals surface area contributed by atoms with Crippen molar-refractivity contribution in [3.05, 3.63) is 57.0 Å². The van der Waals surface area contributed by atoms with Gasteiger partial charge in [-0.1, -0.05) is 18.5 Å². The quantitative estimate of drug-likeness (QED) is 0.367. The number of benzene rings is 1. The van der Waals surface area contributed by atoms with E-state index < -0.39 is 4.92 Å². The minimum atomic E-state index is -0.507. The van der Waals surface area contributed by atoms with Gasteiger partial charge in [0.1, 0.15) is 18.1 Å². The summed E-state index contributed by atoms with van der Waals surface area (Å²) in [5, 5.41) is 14.5. The van der Waals surface area contributed by atoms with E-state index >= 15 is 0 Å². The van der Waals surface area contributed by atoms with Gasteiger partial charge in [-0.3, -0.25) is 14.9 Å². The van der Waals surface area contributed by atoms with Gasteiger partial charge in [0.05, 0.1) is 16.0 Å². The molecule has 1 aromatic carbocycles. The molecule has 1 amide bonds. The summed E-state index contributed by atoms with van der Waals surface area (Å²) >= 11 is 6.08. The van der Waals surface area contributed by atoms with Crippen LogP contribution in [0, 0.1) is 33.3 Å². The lowest BCUT2D eigenvalue weighted by atomic mass is 9.47. The molecule has 6 rings (SSSR count). The molecule has 1 unspecified atom stereocenters. The first-order valence-electron chi connectivity index (χ1n) is 11.8. The van der Waals surface area contributed by atoms with Crippen molar-refractivity contribution in [3.63, 3.8) is 0 Å². The van der Waals surface area contributed by atoms with E-state index in [1.807, 2.05) is 0 Å². The lowest BCUT2D eigenvalue weighted by Crippen LogP contribution is -2.56. The van der Waals surface area contributed by atoms with Crippen LogP contribution in [0.3, 0.4) is 0 Å². The fourth-order valence-electron chi connectivity index (χ4n) is 6.96. The lowest BCUT2D eigenvalue weighted by molar-refractivity contribution is -0.384. The van der Waals surface area contributed by atoms with Crippen molar-refractivity contribution >= 4 is 23.2 Å². The Bertz CT molecular complexity index is 1030. The second kappa shape index (κ2) is 8.67. The number of rotatable bonds is 8. The second-order valence-electron chi connectivity index (χ2n) is 10.1. The van der Waals surface area contributed by atoms with Crippen LogP contribution in [-0.2, 0) is 6.61 Å². The van der Waals surface area contributed by atoms with Gasteiger partial charge in [-0.05, 0) is 86.3 Å². The van der Waals surface area contributed by atoms with Crippen LogP contribution in [0.2, 0.25) is 5.02 Å². The second-order valence-corrected chi connectivity index (χ2v) is 10.5. The summed E-state index contributed by atoms with van der Waals surface area (Å²) in [6.07, 6.45) is 8.75. The fraction of sp³-hybridized carbons (Fsp3) is 0.560. The van der Waals surface area contributed by atoms with Crippen molar-refractivity contribution < 1.29 is 18.9 Å². The van der Waals surface area contributed by atoms with E-state index in [4.69, 9.17) is 20.8 Å². The molecule has 1 heterocycles. The Morgan fingerprint density at radius 2 is 1.88 bits per heavy atom. The minimum Gasteiger partial charge on any atom is -0.484 e. The smallest absolute Gasteiger partial charge is 0.287 e. The third kappa shape index (κ3) is 4.35. The topological polar surface area (TPSA) is 94.6 Å². The number of ether oxygens (including phenoxy) is 1. The van der Waals surface area contributed by atoms with E-state index in [9.17, 15) is 14.9 Å². The van der Waals surface area contributed by atoms with Gasteiger partial charge in [0, 0.05) is 12.1 Å². The number of amides is 1. The summed E-state index contributed by atoms with van der Waals surface area (Å²) < 4.78 is 11.3. The number of nitro benzene ring substituents is 1. The summed E-state index contributed by atoms with van der Waals surface area (Å²) in [6.45, 7) is 2.17. The highest BCUT2D eigenvalue weighted by atomic mass is 35.5. The standard InChI is InChI=1S/C25H29ClN2O5/c1-2-23(25-11-15-7-16(12-25)9-17(8-15)13-25)27-24(29)21-6-4-19(33-21)14-32-22-10-18(28(30)31)3-5-20(22)26/h3-6,10,15-17,23H,2,7-9,11-14H2,1H3,(H,27,29). The molecule has 33 heavy (non-hydrogen) atoms. The Balaban J connectivity index is 1.23. The predicted molar refractivity (Wildman–Crippen MR) is 123 cm³/mol. The number of halogens is 1. The molecule has 0 saturated heterocycles. The maximum Gasteiger partial charge on any atom is 0.287 e. The number of nitro groups is 1. The Labute approximate surface area is 198 Å². The molecule has 0 radical (unpaired) electrons. The molecule has 0 spiro atoms. The Morgan fingerprint density at radius 3 is 2.48 bits per heavy atom. The van der Waals surface area contributed by atoms with E-state index in [1.165, 1.54) is 56.7 Å². The van der Waals surface area contributed by atoms with E-state index in [0.29, 0.717) is 5.76 Å². The monoisotopic (exact) mass is 472 g/mol. The van der Waals surface area contributed by atoms with Crippen molar-refractivity contribution in [2.45, 2.75) is 64.5 Å². The Morgan fingerprint density at radius 1 is 1.21 bits per heavy atom. The largest absolute Gasteiger partial charge is 0.484 e. The molecule has 1 aromatic heterocycles. The van der Waals surface area contributed by atoms with E-state index in [-0.39, 0.29) is 46.2 Å². The van der Waals surface area contributed by atoms with Gasteiger partial charge in [0.15, 0.2) is 5.76 Å². The molecule has 4 aliphatic rings. The van der Waals surface area contributed by atoms with E-state index in [2.05, 4.69) is 12.2 Å². The van der Waals surface area contributed by atoms with Crippen molar-refractivity contribution in [2.24, 2.45) is 23.2 Å². The maximum absolute atomic E-state index is 13.0. The van der Waals surface area contributed by atoms with Crippen molar-refractivity contribution in [3.8, 4) is 5.75 Å². The zero-order chi connectivity index (χ0) is 23.2. The fourth-order valence-corrected chi connectivity index (χ4v) is 7.14. The maximum atomic E-state index is 13.0. The lowest BCUT2D eigenvalue weighted by Gasteiger charge is -2.59. The van der Waals surface area contributed by atoms with Gasteiger partial charge < -0.3 is 14.5 Å². The molecule has 1 atom stereocenters. The van der Waals surface area contributed by atoms with Gasteiger partial charge in [0.25, 0.3) is 11.6 Å². The average molecular weight is 473 g/mol. The third-order valence-corrected chi connectivity index (χ3v) is 8.23. The van der Waals surface area contributed by atoms with Crippen LogP contribution in [0.15, 0.2) is 34.7 Å². The molecule has 4 aliphatic carbocycles. The number of furan rings is 1. The number of hydrogen-bond acceptors (Lipinski definition) is 5. The first-order valence-corrected chi connectivity index (χ1v) is 12.2. The molecular formula is C25H29ClN2O5. The van der Waals surface area contributed by atoms with Crippen LogP contribution < -0.4 is 10.1 Å². The molecular weight excluding hydrogens is 444 g/mol. The number of nitrogens with zero attached hydrogens (tertiary/aromatic N) is 1. The van der Waals surface area contributed by atoms with Gasteiger partial charge in [-0.2, -0.15) is 0 Å². The summed E-state index contributed by atoms with van der Waals surface area (Å²) in [5.41, 5.74) is 0.125. The Kier molecular flexibility index (Phi) is 5.85. The van der Waals surface area contributed by atoms with Gasteiger partial charge in [-0.15, -0.1) is 0 Å². The molecule has 8 heteroatoms. The molecule has 4 saturated carbocycles. The number of hydrogen-bond donors (Lipinski definition) is 1. The molecule has 176 valence electrons. The highest BCUT2D eigenvalue weighted by molar-refractivity contribution is 6.32. The number of nitrogens with one attached hydrogen (secondary N) is 1. The van der Waals surface area contributed by atoms with Crippen molar-refractivity contribution in [2.75, 3.05) is 0 Å². The normalized spacial score (nSPS) is 28.5. The zero-order valence-corrected chi connectivity index (χ0v) is 19.5. The van der Waals surface area contributed by atoms with E-state index in [0.717, 1.165) is 24.2 Å². The highest BCUT2D eigenvalue weighted by Gasteiger charge is 2.54. The van der Waals surface area contributed by atoms with Crippen LogP contribution >= 0.6 is 11.6 Å². The first kappa shape index (κ1) is 22.3. The minimum absolute atomic E-state index is 0.0142. The van der Waals surface area contributed by atoms with Crippen LogP contribution in [0.4, 0.5) is 5.69 Å². The predicted octanol–water partition coefficient (Wildman–Crippen LogP) is 6.15. The highest BCUT2D eigenvalue weighted by Crippen LogP contribution is 2.61. The SMILES string of the molecule is CCC(NC(=O)c1ccc(COc2cc([N+](=O)[O-])ccc2Cl)o1)C12CC3CC(CC(C3)C1)C2. The summed E-state index contributed by atoms with van der Waals surface area (Å²) in [7, 11) is 0. The average Bonchev–Trinajstić information content (AvgIpc) is 3.24. The molecule has 4 fully saturated rings. The number of carbonyl (C=O) groups is 1. The summed E-state index contributed by atoms with van der Waals surface area (Å²) in [6, 6.07) is 7.51. The van der Waals surface area contributed by atoms with Crippen LogP contribution in [0.1, 0.15) is 68.2 Å². The van der Waals surface area contributed by atoms with Gasteiger partial charge >= 0.3 is 0 Å². The van der Waals surface area contributed by atoms with Crippen LogP contribution in [-0.4, -0.2) is 16.9 Å². The van der Waals surface area contributed by atoms with Crippen LogP contribution in [0.5, 0.6) is 5.75 Å². The van der Waals surface area contributed by atoms with Gasteiger partial charge in [0.2, 0.25) is 0 Å².